The molecule has 0 aliphatic carbocycles. The van der Waals surface area contributed by atoms with Crippen LogP contribution >= 0.6 is 11.3 Å². The fourth-order valence-corrected chi connectivity index (χ4v) is 5.49. The number of methoxy groups -OCH3 is 1. The van der Waals surface area contributed by atoms with E-state index in [0.717, 1.165) is 21.9 Å². The lowest BCUT2D eigenvalue weighted by Gasteiger charge is -2.37. The average Bonchev–Trinajstić information content (AvgIpc) is 3.56. The lowest BCUT2D eigenvalue weighted by atomic mass is 10.0. The van der Waals surface area contributed by atoms with E-state index in [4.69, 9.17) is 14.2 Å². The lowest BCUT2D eigenvalue weighted by molar-refractivity contribution is -0.181. The molecule has 2 aromatic carbocycles. The molecule has 0 radical (unpaired) electrons. The van der Waals surface area contributed by atoms with Crippen molar-refractivity contribution in [1.82, 2.24) is 14.8 Å². The van der Waals surface area contributed by atoms with Crippen molar-refractivity contribution in [3.63, 3.8) is 0 Å². The number of carbonyl (C=O) groups is 1. The van der Waals surface area contributed by atoms with Crippen LogP contribution in [-0.4, -0.2) is 59.9 Å². The summed E-state index contributed by atoms with van der Waals surface area (Å²) < 4.78 is 30.2. The van der Waals surface area contributed by atoms with Gasteiger partial charge in [-0.1, -0.05) is 24.3 Å². The summed E-state index contributed by atoms with van der Waals surface area (Å²) >= 11 is 1.49. The molecule has 1 spiro atoms. The first-order valence-electron chi connectivity index (χ1n) is 12.1. The number of benzene rings is 2. The van der Waals surface area contributed by atoms with Crippen LogP contribution in [0.25, 0.3) is 0 Å². The third-order valence-corrected chi connectivity index (χ3v) is 7.47. The molecule has 2 aliphatic heterocycles. The third-order valence-electron chi connectivity index (χ3n) is 6.64. The van der Waals surface area contributed by atoms with Gasteiger partial charge in [-0.2, -0.15) is 0 Å². The monoisotopic (exact) mass is 511 g/mol. The quantitative estimate of drug-likeness (QED) is 0.445. The first-order valence-corrected chi connectivity index (χ1v) is 13.0. The highest BCUT2D eigenvalue weighted by molar-refractivity contribution is 7.09. The van der Waals surface area contributed by atoms with Crippen molar-refractivity contribution in [1.29, 1.82) is 0 Å². The molecule has 0 unspecified atom stereocenters. The van der Waals surface area contributed by atoms with E-state index >= 15 is 0 Å². The molecular formula is C27H30FN3O4S. The molecule has 0 N–H and O–H groups in total. The van der Waals surface area contributed by atoms with E-state index in [2.05, 4.69) is 9.88 Å². The lowest BCUT2D eigenvalue weighted by Crippen LogP contribution is -2.47. The molecule has 1 aromatic heterocycles. The molecule has 0 saturated carbocycles. The number of nitrogens with zero attached hydrogens (tertiary/aromatic N) is 3. The second kappa shape index (κ2) is 11.0. The Morgan fingerprint density at radius 2 is 1.64 bits per heavy atom. The number of hydrogen-bond acceptors (Lipinski definition) is 7. The number of thiazole rings is 1. The Hall–Kier alpha value is -2.85. The molecule has 2 aliphatic rings. The molecular weight excluding hydrogens is 481 g/mol. The zero-order valence-electron chi connectivity index (χ0n) is 20.3. The smallest absolute Gasteiger partial charge is 0.273 e. The highest BCUT2D eigenvalue weighted by Crippen LogP contribution is 2.32. The van der Waals surface area contributed by atoms with Crippen LogP contribution in [0.15, 0.2) is 53.9 Å². The predicted octanol–water partition coefficient (Wildman–Crippen LogP) is 4.47. The Morgan fingerprint density at radius 1 is 1.03 bits per heavy atom. The van der Waals surface area contributed by atoms with Crippen molar-refractivity contribution >= 4 is 17.2 Å². The van der Waals surface area contributed by atoms with Gasteiger partial charge in [0.15, 0.2) is 5.79 Å². The summed E-state index contributed by atoms with van der Waals surface area (Å²) in [7, 11) is 1.65. The number of ether oxygens (including phenoxy) is 3. The summed E-state index contributed by atoms with van der Waals surface area (Å²) in [6.45, 7) is 4.32. The maximum atomic E-state index is 13.4. The van der Waals surface area contributed by atoms with Crippen LogP contribution in [0.3, 0.4) is 0 Å². The Kier molecular flexibility index (Phi) is 7.62. The third kappa shape index (κ3) is 5.92. The summed E-state index contributed by atoms with van der Waals surface area (Å²) in [4.78, 5) is 21.9. The molecule has 0 bridgehead atoms. The Labute approximate surface area is 214 Å². The van der Waals surface area contributed by atoms with Gasteiger partial charge in [0.05, 0.1) is 26.9 Å². The SMILES string of the molecule is COc1ccc(CN(Cc2ccc(F)cc2)Cc2nc(C(=O)N3CCC4(CC3)OCCO4)cs2)cc1. The van der Waals surface area contributed by atoms with Crippen LogP contribution in [0, 0.1) is 5.82 Å². The minimum atomic E-state index is -0.508. The molecule has 3 aromatic rings. The number of rotatable bonds is 8. The summed E-state index contributed by atoms with van der Waals surface area (Å²) in [5, 5.41) is 2.71. The summed E-state index contributed by atoms with van der Waals surface area (Å²) in [5.41, 5.74) is 2.62. The van der Waals surface area contributed by atoms with Crippen LogP contribution in [0.1, 0.15) is 39.5 Å². The van der Waals surface area contributed by atoms with Gasteiger partial charge in [-0.05, 0) is 35.4 Å². The van der Waals surface area contributed by atoms with Crippen molar-refractivity contribution in [2.24, 2.45) is 0 Å². The van der Waals surface area contributed by atoms with Gasteiger partial charge in [0.2, 0.25) is 0 Å². The number of likely N-dealkylation sites (tertiary alicyclic amines) is 1. The van der Waals surface area contributed by atoms with Gasteiger partial charge in [0.1, 0.15) is 22.3 Å². The van der Waals surface area contributed by atoms with E-state index in [1.165, 1.54) is 23.5 Å². The maximum Gasteiger partial charge on any atom is 0.273 e. The first kappa shape index (κ1) is 24.8. The Balaban J connectivity index is 1.25. The standard InChI is InChI=1S/C27H30FN3O4S/c1-33-23-8-4-21(5-9-23)17-30(16-20-2-6-22(28)7-3-20)18-25-29-24(19-36-25)26(32)31-12-10-27(11-13-31)34-14-15-35-27/h2-9,19H,10-18H2,1H3. The maximum absolute atomic E-state index is 13.4. The molecule has 36 heavy (non-hydrogen) atoms. The molecule has 2 saturated heterocycles. The van der Waals surface area contributed by atoms with Crippen molar-refractivity contribution in [2.75, 3.05) is 33.4 Å². The molecule has 190 valence electrons. The second-order valence-corrected chi connectivity index (χ2v) is 10.1. The van der Waals surface area contributed by atoms with Crippen LogP contribution in [0.5, 0.6) is 5.75 Å². The van der Waals surface area contributed by atoms with Gasteiger partial charge in [0, 0.05) is 44.4 Å². The van der Waals surface area contributed by atoms with Gasteiger partial charge in [-0.15, -0.1) is 11.3 Å². The van der Waals surface area contributed by atoms with E-state index < -0.39 is 5.79 Å². The van der Waals surface area contributed by atoms with Gasteiger partial charge >= 0.3 is 0 Å². The van der Waals surface area contributed by atoms with Crippen molar-refractivity contribution in [3.05, 3.63) is 81.6 Å². The largest absolute Gasteiger partial charge is 0.497 e. The fraction of sp³-hybridized carbons (Fsp3) is 0.407. The van der Waals surface area contributed by atoms with E-state index in [-0.39, 0.29) is 11.7 Å². The van der Waals surface area contributed by atoms with E-state index in [9.17, 15) is 9.18 Å². The topological polar surface area (TPSA) is 64.1 Å². The van der Waals surface area contributed by atoms with Crippen molar-refractivity contribution in [3.8, 4) is 5.75 Å². The Morgan fingerprint density at radius 3 is 2.25 bits per heavy atom. The van der Waals surface area contributed by atoms with Gasteiger partial charge < -0.3 is 19.1 Å². The number of halogens is 1. The van der Waals surface area contributed by atoms with Crippen molar-refractivity contribution < 1.29 is 23.4 Å². The number of amides is 1. The van der Waals surface area contributed by atoms with Crippen LogP contribution in [0.2, 0.25) is 0 Å². The van der Waals surface area contributed by atoms with Crippen LogP contribution in [0.4, 0.5) is 4.39 Å². The molecule has 2 fully saturated rings. The van der Waals surface area contributed by atoms with Crippen LogP contribution < -0.4 is 4.74 Å². The number of hydrogen-bond donors (Lipinski definition) is 0. The summed E-state index contributed by atoms with van der Waals surface area (Å²) in [6, 6.07) is 14.5. The number of aromatic nitrogens is 1. The van der Waals surface area contributed by atoms with Crippen molar-refractivity contribution in [2.45, 2.75) is 38.3 Å². The summed E-state index contributed by atoms with van der Waals surface area (Å²) in [6.07, 6.45) is 1.37. The predicted molar refractivity (Wildman–Crippen MR) is 134 cm³/mol. The zero-order valence-corrected chi connectivity index (χ0v) is 21.1. The van der Waals surface area contributed by atoms with Gasteiger partial charge in [-0.3, -0.25) is 9.69 Å². The molecule has 7 nitrogen and oxygen atoms in total. The molecule has 1 amide bonds. The average molecular weight is 512 g/mol. The minimum Gasteiger partial charge on any atom is -0.497 e. The normalized spacial score (nSPS) is 17.1. The van der Waals surface area contributed by atoms with E-state index in [0.29, 0.717) is 64.5 Å². The summed E-state index contributed by atoms with van der Waals surface area (Å²) in [5.74, 6) is -0.00260. The van der Waals surface area contributed by atoms with Gasteiger partial charge in [-0.25, -0.2) is 9.37 Å². The molecule has 3 heterocycles. The zero-order chi connectivity index (χ0) is 25.0. The first-order chi connectivity index (χ1) is 17.5. The van der Waals surface area contributed by atoms with E-state index in [1.807, 2.05) is 34.5 Å². The number of piperidine rings is 1. The highest BCUT2D eigenvalue weighted by Gasteiger charge is 2.41. The number of carbonyl (C=O) groups excluding carboxylic acids is 1. The molecule has 9 heteroatoms. The molecule has 5 rings (SSSR count). The van der Waals surface area contributed by atoms with Gasteiger partial charge in [0.25, 0.3) is 5.91 Å². The highest BCUT2D eigenvalue weighted by atomic mass is 32.1. The fourth-order valence-electron chi connectivity index (χ4n) is 4.68. The second-order valence-electron chi connectivity index (χ2n) is 9.15. The Bertz CT molecular complexity index is 1150. The van der Waals surface area contributed by atoms with Crippen LogP contribution in [-0.2, 0) is 29.1 Å². The molecule has 0 atom stereocenters. The minimum absolute atomic E-state index is 0.0504. The van der Waals surface area contributed by atoms with E-state index in [1.54, 1.807) is 19.2 Å².